The van der Waals surface area contributed by atoms with E-state index in [1.807, 2.05) is 31.2 Å². The summed E-state index contributed by atoms with van der Waals surface area (Å²) >= 11 is 0. The molecule has 3 heterocycles. The number of methoxy groups -OCH3 is 1. The lowest BCUT2D eigenvalue weighted by Gasteiger charge is -2.23. The number of benzene rings is 2. The van der Waals surface area contributed by atoms with Crippen LogP contribution in [0.5, 0.6) is 0 Å². The maximum atomic E-state index is 14.4. The molecule has 2 aromatic carbocycles. The number of hydrogen-bond acceptors (Lipinski definition) is 8. The Morgan fingerprint density at radius 3 is 2.49 bits per heavy atom. The van der Waals surface area contributed by atoms with Crippen molar-refractivity contribution in [3.63, 3.8) is 0 Å². The molecule has 0 bridgehead atoms. The number of aryl methyl sites for hydroxylation is 1. The molecule has 5 rings (SSSR count). The normalized spacial score (nSPS) is 11.1. The van der Waals surface area contributed by atoms with Gasteiger partial charge in [-0.2, -0.15) is 19.7 Å². The van der Waals surface area contributed by atoms with Crippen LogP contribution in [0.2, 0.25) is 0 Å². The Balaban J connectivity index is 1.59. The van der Waals surface area contributed by atoms with Gasteiger partial charge in [0.25, 0.3) is 5.95 Å². The average molecular weight is 531 g/mol. The zero-order valence-electron chi connectivity index (χ0n) is 21.1. The number of ether oxygens (including phenoxy) is 1. The number of rotatable bonds is 6. The Hall–Kier alpha value is -5.13. The Bertz CT molecular complexity index is 1680. The van der Waals surface area contributed by atoms with Crippen LogP contribution in [0, 0.1) is 18.6 Å². The van der Waals surface area contributed by atoms with Gasteiger partial charge in [-0.25, -0.2) is 18.6 Å². The van der Waals surface area contributed by atoms with Crippen LogP contribution in [0.3, 0.4) is 0 Å². The topological polar surface area (TPSA) is 138 Å². The number of nitrogen functional groups attached to an aromatic ring is 2. The van der Waals surface area contributed by atoms with Crippen LogP contribution < -0.4 is 16.4 Å². The third-order valence-electron chi connectivity index (χ3n) is 6.08. The summed E-state index contributed by atoms with van der Waals surface area (Å²) in [7, 11) is 1.24. The lowest BCUT2D eigenvalue weighted by atomic mass is 10.1. The summed E-state index contributed by atoms with van der Waals surface area (Å²) < 4.78 is 34.8. The number of hydrogen-bond donors (Lipinski definition) is 2. The summed E-state index contributed by atoms with van der Waals surface area (Å²) in [5, 5.41) is 4.50. The van der Waals surface area contributed by atoms with Gasteiger partial charge in [0.15, 0.2) is 11.6 Å². The van der Waals surface area contributed by atoms with Crippen LogP contribution in [0.4, 0.5) is 30.9 Å². The predicted octanol–water partition coefficient (Wildman–Crippen LogP) is 4.33. The molecule has 1 amide bonds. The first-order chi connectivity index (χ1) is 18.7. The Labute approximate surface area is 221 Å². The van der Waals surface area contributed by atoms with E-state index in [9.17, 15) is 13.6 Å². The van der Waals surface area contributed by atoms with Crippen molar-refractivity contribution in [1.82, 2.24) is 24.7 Å². The van der Waals surface area contributed by atoms with Crippen molar-refractivity contribution >= 4 is 34.4 Å². The fourth-order valence-corrected chi connectivity index (χ4v) is 4.32. The van der Waals surface area contributed by atoms with Gasteiger partial charge in [-0.1, -0.05) is 48.0 Å². The number of halogens is 2. The molecule has 39 heavy (non-hydrogen) atoms. The van der Waals surface area contributed by atoms with E-state index in [0.717, 1.165) is 17.3 Å². The number of carbonyl (C=O) groups is 1. The molecule has 0 radical (unpaired) electrons. The van der Waals surface area contributed by atoms with Crippen LogP contribution in [-0.4, -0.2) is 37.9 Å². The molecular weight excluding hydrogens is 506 g/mol. The highest BCUT2D eigenvalue weighted by Gasteiger charge is 2.26. The molecule has 0 unspecified atom stereocenters. The maximum absolute atomic E-state index is 14.4. The Morgan fingerprint density at radius 1 is 1.05 bits per heavy atom. The standard InChI is InChI=1S/C27H24F2N8O2/c1-15-6-5-7-16(10-15)14-36(27(38)39-2)23-24(30)33-26(34-25(23)31)37-21-12-18(28)13-32-22(21)20(35-37)11-17-8-3-4-9-19(17)29/h3-10,12-13H,11,14H2,1-2H3,(H4,30,31,33,34). The lowest BCUT2D eigenvalue weighted by Crippen LogP contribution is -2.32. The molecule has 10 nitrogen and oxygen atoms in total. The molecule has 0 fully saturated rings. The van der Waals surface area contributed by atoms with E-state index < -0.39 is 17.7 Å². The van der Waals surface area contributed by atoms with E-state index in [-0.39, 0.29) is 41.8 Å². The first-order valence-electron chi connectivity index (χ1n) is 11.9. The number of amides is 1. The maximum Gasteiger partial charge on any atom is 0.414 e. The van der Waals surface area contributed by atoms with Gasteiger partial charge < -0.3 is 16.2 Å². The zero-order chi connectivity index (χ0) is 27.7. The minimum absolute atomic E-state index is 0.0550. The van der Waals surface area contributed by atoms with Crippen molar-refractivity contribution in [2.45, 2.75) is 19.9 Å². The van der Waals surface area contributed by atoms with Gasteiger partial charge in [-0.3, -0.25) is 4.90 Å². The van der Waals surface area contributed by atoms with E-state index in [1.165, 1.54) is 28.8 Å². The number of nitrogens with zero attached hydrogens (tertiary/aromatic N) is 6. The monoisotopic (exact) mass is 530 g/mol. The molecule has 5 aromatic rings. The highest BCUT2D eigenvalue weighted by atomic mass is 19.1. The van der Waals surface area contributed by atoms with Gasteiger partial charge >= 0.3 is 6.09 Å². The third-order valence-corrected chi connectivity index (χ3v) is 6.08. The second-order valence-electron chi connectivity index (χ2n) is 8.84. The second-order valence-corrected chi connectivity index (χ2v) is 8.84. The van der Waals surface area contributed by atoms with Crippen LogP contribution in [0.25, 0.3) is 17.0 Å². The number of pyridine rings is 1. The molecule has 0 aliphatic heterocycles. The molecule has 12 heteroatoms. The molecule has 3 aromatic heterocycles. The molecule has 0 saturated carbocycles. The minimum Gasteiger partial charge on any atom is -0.452 e. The Morgan fingerprint density at radius 2 is 1.79 bits per heavy atom. The highest BCUT2D eigenvalue weighted by Crippen LogP contribution is 2.32. The fraction of sp³-hybridized carbons (Fsp3) is 0.148. The Kier molecular flexibility index (Phi) is 6.75. The van der Waals surface area contributed by atoms with Gasteiger partial charge in [0.2, 0.25) is 0 Å². The summed E-state index contributed by atoms with van der Waals surface area (Å²) in [5.41, 5.74) is 15.8. The van der Waals surface area contributed by atoms with Crippen LogP contribution >= 0.6 is 0 Å². The summed E-state index contributed by atoms with van der Waals surface area (Å²) in [6, 6.07) is 15.0. The van der Waals surface area contributed by atoms with Crippen LogP contribution in [-0.2, 0) is 17.7 Å². The van der Waals surface area contributed by atoms with E-state index in [4.69, 9.17) is 16.2 Å². The summed E-state index contributed by atoms with van der Waals surface area (Å²) in [6.07, 6.45) is 0.421. The third kappa shape index (κ3) is 5.04. The zero-order valence-corrected chi connectivity index (χ0v) is 21.1. The van der Waals surface area contributed by atoms with Crippen LogP contribution in [0.1, 0.15) is 22.4 Å². The fourth-order valence-electron chi connectivity index (χ4n) is 4.32. The summed E-state index contributed by atoms with van der Waals surface area (Å²) in [6.45, 7) is 2.03. The second kappa shape index (κ2) is 10.3. The van der Waals surface area contributed by atoms with Gasteiger partial charge in [0, 0.05) is 12.5 Å². The predicted molar refractivity (Wildman–Crippen MR) is 142 cm³/mol. The van der Waals surface area contributed by atoms with Gasteiger partial charge in [0.1, 0.15) is 22.8 Å². The average Bonchev–Trinajstić information content (AvgIpc) is 3.25. The van der Waals surface area contributed by atoms with Crippen molar-refractivity contribution in [3.8, 4) is 5.95 Å². The number of fused-ring (bicyclic) bond motifs is 1. The van der Waals surface area contributed by atoms with Crippen molar-refractivity contribution in [1.29, 1.82) is 0 Å². The van der Waals surface area contributed by atoms with Crippen molar-refractivity contribution in [3.05, 3.63) is 94.8 Å². The van der Waals surface area contributed by atoms with E-state index in [1.54, 1.807) is 18.2 Å². The van der Waals surface area contributed by atoms with Gasteiger partial charge in [-0.15, -0.1) is 0 Å². The molecule has 0 aliphatic carbocycles. The van der Waals surface area contributed by atoms with Crippen molar-refractivity contribution in [2.75, 3.05) is 23.5 Å². The summed E-state index contributed by atoms with van der Waals surface area (Å²) in [4.78, 5) is 26.8. The number of nitrogens with two attached hydrogens (primary N) is 2. The van der Waals surface area contributed by atoms with E-state index in [0.29, 0.717) is 16.8 Å². The smallest absolute Gasteiger partial charge is 0.414 e. The number of anilines is 3. The van der Waals surface area contributed by atoms with Gasteiger partial charge in [0.05, 0.1) is 31.1 Å². The van der Waals surface area contributed by atoms with E-state index >= 15 is 0 Å². The lowest BCUT2D eigenvalue weighted by molar-refractivity contribution is 0.178. The van der Waals surface area contributed by atoms with E-state index in [2.05, 4.69) is 20.1 Å². The molecule has 0 saturated heterocycles. The molecule has 0 spiro atoms. The van der Waals surface area contributed by atoms with Crippen molar-refractivity contribution < 1.29 is 18.3 Å². The SMILES string of the molecule is COC(=O)N(Cc1cccc(C)c1)c1c(N)nc(-n2nc(Cc3ccccc3F)c3ncc(F)cc32)nc1N. The molecule has 0 atom stereocenters. The largest absolute Gasteiger partial charge is 0.452 e. The molecular formula is C27H24F2N8O2. The van der Waals surface area contributed by atoms with Gasteiger partial charge in [-0.05, 0) is 24.1 Å². The molecule has 0 aliphatic rings. The quantitative estimate of drug-likeness (QED) is 0.331. The first-order valence-corrected chi connectivity index (χ1v) is 11.9. The minimum atomic E-state index is -0.714. The number of carbonyl (C=O) groups excluding carboxylic acids is 1. The number of aromatic nitrogens is 5. The molecule has 198 valence electrons. The van der Waals surface area contributed by atoms with Crippen LogP contribution in [0.15, 0.2) is 60.8 Å². The highest BCUT2D eigenvalue weighted by molar-refractivity contribution is 5.95. The summed E-state index contributed by atoms with van der Waals surface area (Å²) in [5.74, 6) is -1.36. The molecule has 4 N–H and O–H groups in total. The van der Waals surface area contributed by atoms with Crippen molar-refractivity contribution in [2.24, 2.45) is 0 Å². The first kappa shape index (κ1) is 25.5.